The fraction of sp³-hybridized carbons (Fsp3) is 0.533. The number of rotatable bonds is 3. The highest BCUT2D eigenvalue weighted by Crippen LogP contribution is 2.32. The standard InChI is InChI=1S/C15H18Cl2N2O/c16-13-6-2-5-12(14(13)17)15(20)19(10-3-1-4-10)11-7-8-18-9-11/h2,5-6,10-11,18H,1,3-4,7-9H2/t11-/m0/s1. The van der Waals surface area contributed by atoms with Crippen LogP contribution in [0.3, 0.4) is 0 Å². The van der Waals surface area contributed by atoms with Crippen LogP contribution >= 0.6 is 23.2 Å². The Morgan fingerprint density at radius 3 is 2.60 bits per heavy atom. The molecule has 20 heavy (non-hydrogen) atoms. The highest BCUT2D eigenvalue weighted by Gasteiger charge is 2.36. The summed E-state index contributed by atoms with van der Waals surface area (Å²) in [6, 6.07) is 5.91. The molecule has 3 rings (SSSR count). The largest absolute Gasteiger partial charge is 0.331 e. The van der Waals surface area contributed by atoms with E-state index in [1.54, 1.807) is 18.2 Å². The quantitative estimate of drug-likeness (QED) is 0.928. The van der Waals surface area contributed by atoms with Gasteiger partial charge in [0.15, 0.2) is 0 Å². The van der Waals surface area contributed by atoms with E-state index >= 15 is 0 Å². The monoisotopic (exact) mass is 312 g/mol. The second-order valence-electron chi connectivity index (χ2n) is 5.55. The topological polar surface area (TPSA) is 32.3 Å². The molecule has 0 spiro atoms. The molecule has 1 aliphatic heterocycles. The first-order chi connectivity index (χ1) is 9.68. The van der Waals surface area contributed by atoms with Crippen LogP contribution in [0.25, 0.3) is 0 Å². The molecule has 0 bridgehead atoms. The van der Waals surface area contributed by atoms with E-state index in [0.717, 1.165) is 32.4 Å². The summed E-state index contributed by atoms with van der Waals surface area (Å²) in [4.78, 5) is 14.9. The molecule has 0 unspecified atom stereocenters. The van der Waals surface area contributed by atoms with Gasteiger partial charge in [-0.2, -0.15) is 0 Å². The van der Waals surface area contributed by atoms with Crippen LogP contribution in [0.1, 0.15) is 36.0 Å². The van der Waals surface area contributed by atoms with Gasteiger partial charge in [0, 0.05) is 18.6 Å². The highest BCUT2D eigenvalue weighted by molar-refractivity contribution is 6.43. The van der Waals surface area contributed by atoms with Crippen LogP contribution in [0, 0.1) is 0 Å². The lowest BCUT2D eigenvalue weighted by Crippen LogP contribution is -2.51. The minimum absolute atomic E-state index is 0.0240. The number of nitrogens with zero attached hydrogens (tertiary/aromatic N) is 1. The van der Waals surface area contributed by atoms with Crippen molar-refractivity contribution in [3.8, 4) is 0 Å². The van der Waals surface area contributed by atoms with Gasteiger partial charge in [0.05, 0.1) is 15.6 Å². The third kappa shape index (κ3) is 2.54. The lowest BCUT2D eigenvalue weighted by molar-refractivity contribution is 0.0465. The second-order valence-corrected chi connectivity index (χ2v) is 6.33. The third-order valence-corrected chi connectivity index (χ3v) is 5.13. The molecule has 0 aromatic heterocycles. The molecule has 3 nitrogen and oxygen atoms in total. The van der Waals surface area contributed by atoms with Gasteiger partial charge in [-0.05, 0) is 44.4 Å². The van der Waals surface area contributed by atoms with Crippen LogP contribution in [-0.4, -0.2) is 36.0 Å². The van der Waals surface area contributed by atoms with Crippen LogP contribution in [0.5, 0.6) is 0 Å². The fourth-order valence-electron chi connectivity index (χ4n) is 2.98. The zero-order valence-electron chi connectivity index (χ0n) is 11.2. The molecule has 1 heterocycles. The maximum absolute atomic E-state index is 12.9. The maximum Gasteiger partial charge on any atom is 0.255 e. The Morgan fingerprint density at radius 1 is 1.20 bits per heavy atom. The average Bonchev–Trinajstić information content (AvgIpc) is 2.89. The summed E-state index contributed by atoms with van der Waals surface area (Å²) in [7, 11) is 0. The Bertz CT molecular complexity index is 511. The molecule has 5 heteroatoms. The first-order valence-electron chi connectivity index (χ1n) is 7.16. The molecule has 1 aromatic rings. The number of hydrogen-bond donors (Lipinski definition) is 1. The number of carbonyl (C=O) groups excluding carboxylic acids is 1. The molecular weight excluding hydrogens is 295 g/mol. The van der Waals surface area contributed by atoms with Gasteiger partial charge < -0.3 is 10.2 Å². The molecule has 1 saturated carbocycles. The summed E-state index contributed by atoms with van der Waals surface area (Å²) in [5, 5.41) is 4.15. The number of hydrogen-bond acceptors (Lipinski definition) is 2. The van der Waals surface area contributed by atoms with Gasteiger partial charge in [-0.15, -0.1) is 0 Å². The molecule has 0 radical (unpaired) electrons. The Balaban J connectivity index is 1.89. The number of carbonyl (C=O) groups is 1. The predicted octanol–water partition coefficient (Wildman–Crippen LogP) is 3.35. The fourth-order valence-corrected chi connectivity index (χ4v) is 3.36. The molecule has 2 aliphatic rings. The molecule has 1 aromatic carbocycles. The SMILES string of the molecule is O=C(c1cccc(Cl)c1Cl)N(C1CCC1)[C@H]1CCNC1. The van der Waals surface area contributed by atoms with Crippen molar-refractivity contribution in [1.82, 2.24) is 10.2 Å². The number of halogens is 2. The average molecular weight is 313 g/mol. The summed E-state index contributed by atoms with van der Waals surface area (Å²) in [5.41, 5.74) is 0.526. The van der Waals surface area contributed by atoms with Gasteiger partial charge >= 0.3 is 0 Å². The summed E-state index contributed by atoms with van der Waals surface area (Å²) in [6.07, 6.45) is 4.42. The first kappa shape index (κ1) is 14.2. The van der Waals surface area contributed by atoms with Gasteiger partial charge in [-0.25, -0.2) is 0 Å². The van der Waals surface area contributed by atoms with Gasteiger partial charge in [-0.1, -0.05) is 29.3 Å². The molecular formula is C15H18Cl2N2O. The van der Waals surface area contributed by atoms with Crippen molar-refractivity contribution in [2.75, 3.05) is 13.1 Å². The van der Waals surface area contributed by atoms with Crippen LogP contribution in [0.4, 0.5) is 0 Å². The van der Waals surface area contributed by atoms with Crippen molar-refractivity contribution < 1.29 is 4.79 Å². The first-order valence-corrected chi connectivity index (χ1v) is 7.91. The minimum Gasteiger partial charge on any atom is -0.331 e. The van der Waals surface area contributed by atoms with Crippen molar-refractivity contribution in [3.05, 3.63) is 33.8 Å². The normalized spacial score (nSPS) is 22.6. The van der Waals surface area contributed by atoms with Gasteiger partial charge in [0.2, 0.25) is 0 Å². The van der Waals surface area contributed by atoms with E-state index in [4.69, 9.17) is 23.2 Å². The van der Waals surface area contributed by atoms with E-state index in [-0.39, 0.29) is 11.9 Å². The molecule has 1 saturated heterocycles. The predicted molar refractivity (Wildman–Crippen MR) is 81.5 cm³/mol. The number of amides is 1. The van der Waals surface area contributed by atoms with Gasteiger partial charge in [0.1, 0.15) is 0 Å². The molecule has 1 atom stereocenters. The Kier molecular flexibility index (Phi) is 4.20. The van der Waals surface area contributed by atoms with Crippen molar-refractivity contribution in [2.24, 2.45) is 0 Å². The van der Waals surface area contributed by atoms with E-state index in [1.165, 1.54) is 6.42 Å². The third-order valence-electron chi connectivity index (χ3n) is 4.31. The Hall–Kier alpha value is -0.770. The van der Waals surface area contributed by atoms with E-state index in [0.29, 0.717) is 21.7 Å². The molecule has 2 fully saturated rings. The zero-order chi connectivity index (χ0) is 14.1. The summed E-state index contributed by atoms with van der Waals surface area (Å²) in [6.45, 7) is 1.85. The van der Waals surface area contributed by atoms with Crippen molar-refractivity contribution in [2.45, 2.75) is 37.8 Å². The van der Waals surface area contributed by atoms with E-state index < -0.39 is 0 Å². The van der Waals surface area contributed by atoms with Crippen LogP contribution < -0.4 is 5.32 Å². The van der Waals surface area contributed by atoms with E-state index in [1.807, 2.05) is 4.90 Å². The molecule has 1 aliphatic carbocycles. The van der Waals surface area contributed by atoms with Crippen molar-refractivity contribution in [3.63, 3.8) is 0 Å². The highest BCUT2D eigenvalue weighted by atomic mass is 35.5. The Labute approximate surface area is 129 Å². The molecule has 1 amide bonds. The lowest BCUT2D eigenvalue weighted by Gasteiger charge is -2.41. The van der Waals surface area contributed by atoms with Gasteiger partial charge in [0.25, 0.3) is 5.91 Å². The van der Waals surface area contributed by atoms with E-state index in [2.05, 4.69) is 5.32 Å². The van der Waals surface area contributed by atoms with E-state index in [9.17, 15) is 4.79 Å². The van der Waals surface area contributed by atoms with Crippen LogP contribution in [-0.2, 0) is 0 Å². The van der Waals surface area contributed by atoms with Crippen molar-refractivity contribution in [1.29, 1.82) is 0 Å². The minimum atomic E-state index is 0.0240. The second kappa shape index (κ2) is 5.92. The zero-order valence-corrected chi connectivity index (χ0v) is 12.8. The molecule has 108 valence electrons. The lowest BCUT2D eigenvalue weighted by atomic mass is 9.89. The summed E-state index contributed by atoms with van der Waals surface area (Å²) in [5.74, 6) is 0.0240. The summed E-state index contributed by atoms with van der Waals surface area (Å²) < 4.78 is 0. The smallest absolute Gasteiger partial charge is 0.255 e. The number of nitrogens with one attached hydrogen (secondary N) is 1. The molecule has 1 N–H and O–H groups in total. The van der Waals surface area contributed by atoms with Gasteiger partial charge in [-0.3, -0.25) is 4.79 Å². The number of benzene rings is 1. The summed E-state index contributed by atoms with van der Waals surface area (Å²) >= 11 is 12.2. The maximum atomic E-state index is 12.9. The Morgan fingerprint density at radius 2 is 2.00 bits per heavy atom. The van der Waals surface area contributed by atoms with Crippen molar-refractivity contribution >= 4 is 29.1 Å². The van der Waals surface area contributed by atoms with Crippen LogP contribution in [0.15, 0.2) is 18.2 Å². The van der Waals surface area contributed by atoms with Crippen LogP contribution in [0.2, 0.25) is 10.0 Å².